The number of amides is 1. The zero-order chi connectivity index (χ0) is 18.3. The van der Waals surface area contributed by atoms with Crippen molar-refractivity contribution in [1.29, 1.82) is 0 Å². The van der Waals surface area contributed by atoms with Crippen LogP contribution in [-0.2, 0) is 9.53 Å². The predicted molar refractivity (Wildman–Crippen MR) is 86.7 cm³/mol. The van der Waals surface area contributed by atoms with Gasteiger partial charge in [-0.1, -0.05) is 20.8 Å². The van der Waals surface area contributed by atoms with E-state index in [2.05, 4.69) is 20.3 Å². The van der Waals surface area contributed by atoms with Crippen LogP contribution in [0.2, 0.25) is 0 Å². The van der Waals surface area contributed by atoms with Crippen LogP contribution >= 0.6 is 0 Å². The molecule has 0 spiro atoms. The van der Waals surface area contributed by atoms with E-state index in [0.717, 1.165) is 0 Å². The first-order valence-electron chi connectivity index (χ1n) is 8.01. The lowest BCUT2D eigenvalue weighted by Gasteiger charge is -2.15. The molecule has 2 aromatic rings. The van der Waals surface area contributed by atoms with Gasteiger partial charge in [0.25, 0.3) is 5.56 Å². The fourth-order valence-electron chi connectivity index (χ4n) is 2.70. The Labute approximate surface area is 142 Å². The average molecular weight is 353 g/mol. The molecule has 136 valence electrons. The Hall–Kier alpha value is -2.33. The third-order valence-electron chi connectivity index (χ3n) is 4.33. The second kappa shape index (κ2) is 6.52. The highest BCUT2D eigenvalue weighted by Crippen LogP contribution is 2.36. The van der Waals surface area contributed by atoms with Crippen LogP contribution in [0.25, 0.3) is 11.2 Å². The van der Waals surface area contributed by atoms with Crippen molar-refractivity contribution in [2.75, 3.05) is 11.9 Å². The van der Waals surface area contributed by atoms with Crippen LogP contribution in [0.1, 0.15) is 27.0 Å². The summed E-state index contributed by atoms with van der Waals surface area (Å²) in [7, 11) is 0. The molecule has 3 heterocycles. The molecule has 0 aliphatic carbocycles. The molecule has 3 rings (SSSR count). The number of fused-ring (bicyclic) bond motifs is 1. The normalized spacial score (nSPS) is 26.5. The van der Waals surface area contributed by atoms with Crippen molar-refractivity contribution < 1.29 is 19.0 Å². The number of alkyl halides is 1. The summed E-state index contributed by atoms with van der Waals surface area (Å²) < 4.78 is 21.4. The minimum absolute atomic E-state index is 0.0125. The zero-order valence-corrected chi connectivity index (χ0v) is 14.1. The first-order valence-corrected chi connectivity index (χ1v) is 8.01. The number of ether oxygens (including phenoxy) is 1. The molecule has 0 aromatic carbocycles. The number of nitrogens with one attached hydrogen (secondary N) is 2. The zero-order valence-electron chi connectivity index (χ0n) is 14.1. The number of aromatic amines is 1. The summed E-state index contributed by atoms with van der Waals surface area (Å²) in [5.41, 5.74) is -0.442. The Bertz CT molecular complexity index is 848. The highest BCUT2D eigenvalue weighted by atomic mass is 19.1. The van der Waals surface area contributed by atoms with Crippen molar-refractivity contribution in [2.24, 2.45) is 11.8 Å². The summed E-state index contributed by atoms with van der Waals surface area (Å²) in [6.07, 6.45) is -1.84. The predicted octanol–water partition coefficient (Wildman–Crippen LogP) is 0.578. The second-order valence-electron chi connectivity index (χ2n) is 6.43. The van der Waals surface area contributed by atoms with Gasteiger partial charge < -0.3 is 9.84 Å². The van der Waals surface area contributed by atoms with E-state index in [1.54, 1.807) is 20.8 Å². The van der Waals surface area contributed by atoms with Gasteiger partial charge in [-0.05, 0) is 0 Å². The van der Waals surface area contributed by atoms with Crippen LogP contribution in [0.3, 0.4) is 0 Å². The second-order valence-corrected chi connectivity index (χ2v) is 6.43. The van der Waals surface area contributed by atoms with Gasteiger partial charge in [0.05, 0.1) is 19.0 Å². The number of carbonyl (C=O) groups excluding carboxylic acids is 1. The van der Waals surface area contributed by atoms with E-state index in [-0.39, 0.29) is 35.5 Å². The SMILES string of the molecule is CC(C)C(=O)Nc1nc2c(ncn2[C@@H]2O[C@H](CO)[C@@H](C)[C@H]2F)c(=O)[nH]1. The van der Waals surface area contributed by atoms with Crippen LogP contribution in [0.15, 0.2) is 11.1 Å². The maximum atomic E-state index is 14.6. The van der Waals surface area contributed by atoms with E-state index < -0.39 is 30.0 Å². The number of halogens is 1. The van der Waals surface area contributed by atoms with Crippen molar-refractivity contribution in [3.8, 4) is 0 Å². The van der Waals surface area contributed by atoms with Crippen LogP contribution in [0, 0.1) is 11.8 Å². The number of H-pyrrole nitrogens is 1. The highest BCUT2D eigenvalue weighted by Gasteiger charge is 2.43. The van der Waals surface area contributed by atoms with Gasteiger partial charge in [-0.3, -0.25) is 24.5 Å². The van der Waals surface area contributed by atoms with Gasteiger partial charge in [-0.15, -0.1) is 0 Å². The summed E-state index contributed by atoms with van der Waals surface area (Å²) in [6.45, 7) is 4.73. The van der Waals surface area contributed by atoms with Crippen molar-refractivity contribution in [1.82, 2.24) is 19.5 Å². The molecule has 1 aliphatic heterocycles. The number of hydrogen-bond acceptors (Lipinski definition) is 6. The summed E-state index contributed by atoms with van der Waals surface area (Å²) in [5.74, 6) is -1.18. The number of hydrogen-bond donors (Lipinski definition) is 3. The first-order chi connectivity index (χ1) is 11.8. The van der Waals surface area contributed by atoms with Gasteiger partial charge >= 0.3 is 0 Å². The van der Waals surface area contributed by atoms with Crippen molar-refractivity contribution in [3.63, 3.8) is 0 Å². The molecule has 1 aliphatic rings. The summed E-state index contributed by atoms with van der Waals surface area (Å²) in [4.78, 5) is 34.5. The van der Waals surface area contributed by atoms with Crippen molar-refractivity contribution in [2.45, 2.75) is 39.3 Å². The molecular formula is C15H20FN5O4. The Balaban J connectivity index is 2.01. The number of aromatic nitrogens is 4. The number of aliphatic hydroxyl groups excluding tert-OH is 1. The quantitative estimate of drug-likeness (QED) is 0.739. The Kier molecular flexibility index (Phi) is 4.56. The molecule has 0 bridgehead atoms. The largest absolute Gasteiger partial charge is 0.394 e. The Morgan fingerprint density at radius 2 is 2.28 bits per heavy atom. The maximum absolute atomic E-state index is 14.6. The molecule has 4 atom stereocenters. The number of nitrogens with zero attached hydrogens (tertiary/aromatic N) is 3. The van der Waals surface area contributed by atoms with Gasteiger partial charge in [0, 0.05) is 11.8 Å². The van der Waals surface area contributed by atoms with Crippen LogP contribution in [-0.4, -0.2) is 49.4 Å². The summed E-state index contributed by atoms with van der Waals surface area (Å²) in [5, 5.41) is 11.8. The Morgan fingerprint density at radius 3 is 2.88 bits per heavy atom. The lowest BCUT2D eigenvalue weighted by molar-refractivity contribution is -0.118. The molecule has 1 amide bonds. The number of rotatable bonds is 4. The van der Waals surface area contributed by atoms with Crippen LogP contribution < -0.4 is 10.9 Å². The molecule has 0 saturated carbocycles. The summed E-state index contributed by atoms with van der Waals surface area (Å²) >= 11 is 0. The van der Waals surface area contributed by atoms with Gasteiger partial charge in [-0.2, -0.15) is 4.98 Å². The molecule has 9 nitrogen and oxygen atoms in total. The van der Waals surface area contributed by atoms with E-state index in [0.29, 0.717) is 0 Å². The number of imidazole rings is 1. The molecule has 1 saturated heterocycles. The number of anilines is 1. The van der Waals surface area contributed by atoms with Gasteiger partial charge in [0.15, 0.2) is 23.6 Å². The van der Waals surface area contributed by atoms with Crippen molar-refractivity contribution >= 4 is 23.0 Å². The van der Waals surface area contributed by atoms with Crippen molar-refractivity contribution in [3.05, 3.63) is 16.7 Å². The topological polar surface area (TPSA) is 122 Å². The van der Waals surface area contributed by atoms with Gasteiger partial charge in [0.1, 0.15) is 0 Å². The molecule has 10 heteroatoms. The molecule has 0 unspecified atom stereocenters. The van der Waals surface area contributed by atoms with E-state index in [1.807, 2.05) is 0 Å². The molecule has 25 heavy (non-hydrogen) atoms. The number of carbonyl (C=O) groups is 1. The fraction of sp³-hybridized carbons (Fsp3) is 0.600. The molecule has 0 radical (unpaired) electrons. The Morgan fingerprint density at radius 1 is 1.56 bits per heavy atom. The van der Waals surface area contributed by atoms with E-state index in [9.17, 15) is 19.1 Å². The van der Waals surface area contributed by atoms with Gasteiger partial charge in [-0.25, -0.2) is 9.37 Å². The molecule has 1 fully saturated rings. The standard InChI is InChI=1S/C15H20FN5O4/c1-6(2)12(23)19-15-18-11-10(13(24)20-15)17-5-21(11)14-9(16)7(3)8(4-22)25-14/h5-9,14,22H,4H2,1-3H3,(H2,18,19,20,23,24)/t7-,8-,9-,14-/m1/s1. The monoisotopic (exact) mass is 353 g/mol. The maximum Gasteiger partial charge on any atom is 0.280 e. The average Bonchev–Trinajstić information content (AvgIpc) is 3.10. The lowest BCUT2D eigenvalue weighted by atomic mass is 10.0. The van der Waals surface area contributed by atoms with E-state index >= 15 is 0 Å². The molecule has 2 aromatic heterocycles. The third-order valence-corrected chi connectivity index (χ3v) is 4.33. The minimum Gasteiger partial charge on any atom is -0.394 e. The van der Waals surface area contributed by atoms with Gasteiger partial charge in [0.2, 0.25) is 11.9 Å². The highest BCUT2D eigenvalue weighted by molar-refractivity contribution is 5.91. The first kappa shape index (κ1) is 17.5. The number of aliphatic hydroxyl groups is 1. The lowest BCUT2D eigenvalue weighted by Crippen LogP contribution is -2.23. The smallest absolute Gasteiger partial charge is 0.280 e. The van der Waals surface area contributed by atoms with Crippen LogP contribution in [0.4, 0.5) is 10.3 Å². The van der Waals surface area contributed by atoms with E-state index in [1.165, 1.54) is 10.9 Å². The minimum atomic E-state index is -1.40. The summed E-state index contributed by atoms with van der Waals surface area (Å²) in [6, 6.07) is 0. The fourth-order valence-corrected chi connectivity index (χ4v) is 2.70. The van der Waals surface area contributed by atoms with Crippen LogP contribution in [0.5, 0.6) is 0 Å². The molecule has 3 N–H and O–H groups in total. The molecular weight excluding hydrogens is 333 g/mol. The van der Waals surface area contributed by atoms with E-state index in [4.69, 9.17) is 4.74 Å². The third kappa shape index (κ3) is 3.02.